The molecule has 0 bridgehead atoms. The Hall–Kier alpha value is -2.73. The maximum Gasteiger partial charge on any atom is 0.250 e. The first-order valence-corrected chi connectivity index (χ1v) is 9.76. The summed E-state index contributed by atoms with van der Waals surface area (Å²) in [5, 5.41) is 5.92. The van der Waals surface area contributed by atoms with Gasteiger partial charge in [-0.15, -0.1) is 0 Å². The van der Waals surface area contributed by atoms with E-state index in [0.717, 1.165) is 36.2 Å². The fourth-order valence-corrected chi connectivity index (χ4v) is 5.30. The molecule has 5 nitrogen and oxygen atoms in total. The van der Waals surface area contributed by atoms with E-state index >= 15 is 0 Å². The van der Waals surface area contributed by atoms with Crippen LogP contribution in [0.4, 0.5) is 15.8 Å². The van der Waals surface area contributed by atoms with Crippen molar-refractivity contribution in [1.29, 1.82) is 0 Å². The molecule has 0 aliphatic carbocycles. The van der Waals surface area contributed by atoms with E-state index < -0.39 is 11.5 Å². The highest BCUT2D eigenvalue weighted by Gasteiger charge is 2.65. The molecule has 2 fully saturated rings. The Morgan fingerprint density at radius 3 is 2.82 bits per heavy atom. The topological polar surface area (TPSA) is 61.4 Å². The summed E-state index contributed by atoms with van der Waals surface area (Å²) in [4.78, 5) is 28.9. The largest absolute Gasteiger partial charge is 0.326 e. The van der Waals surface area contributed by atoms with Crippen molar-refractivity contribution in [3.05, 3.63) is 59.4 Å². The quantitative estimate of drug-likeness (QED) is 0.841. The van der Waals surface area contributed by atoms with Crippen LogP contribution in [0.2, 0.25) is 0 Å². The predicted octanol–water partition coefficient (Wildman–Crippen LogP) is 3.40. The van der Waals surface area contributed by atoms with Crippen molar-refractivity contribution in [1.82, 2.24) is 4.90 Å². The number of carbonyl (C=O) groups is 2. The number of hydrogen-bond donors (Lipinski definition) is 2. The molecule has 2 N–H and O–H groups in total. The number of nitrogens with zero attached hydrogens (tertiary/aromatic N) is 1. The summed E-state index contributed by atoms with van der Waals surface area (Å²) in [6.45, 7) is 2.81. The van der Waals surface area contributed by atoms with Crippen molar-refractivity contribution in [3.8, 4) is 0 Å². The summed E-state index contributed by atoms with van der Waals surface area (Å²) < 4.78 is 13.2. The molecule has 3 atom stereocenters. The average Bonchev–Trinajstić information content (AvgIpc) is 3.32. The number of benzene rings is 2. The molecule has 3 aliphatic rings. The smallest absolute Gasteiger partial charge is 0.250 e. The molecule has 0 saturated carbocycles. The van der Waals surface area contributed by atoms with Gasteiger partial charge in [0.2, 0.25) is 11.8 Å². The highest BCUT2D eigenvalue weighted by molar-refractivity contribution is 6.10. The Morgan fingerprint density at radius 2 is 2.04 bits per heavy atom. The monoisotopic (exact) mass is 379 g/mol. The van der Waals surface area contributed by atoms with E-state index in [9.17, 15) is 14.0 Å². The van der Waals surface area contributed by atoms with Crippen molar-refractivity contribution in [3.63, 3.8) is 0 Å². The Balaban J connectivity index is 1.58. The highest BCUT2D eigenvalue weighted by Crippen LogP contribution is 2.55. The van der Waals surface area contributed by atoms with Gasteiger partial charge in [0.1, 0.15) is 11.4 Å². The zero-order valence-electron chi connectivity index (χ0n) is 15.7. The summed E-state index contributed by atoms with van der Waals surface area (Å²) in [5.41, 5.74) is 2.34. The van der Waals surface area contributed by atoms with Crippen molar-refractivity contribution >= 4 is 23.2 Å². The second-order valence-corrected chi connectivity index (χ2v) is 8.04. The van der Waals surface area contributed by atoms with Crippen LogP contribution in [0.1, 0.15) is 30.4 Å². The normalized spacial score (nSPS) is 28.3. The molecule has 3 unspecified atom stereocenters. The van der Waals surface area contributed by atoms with Crippen LogP contribution in [0.15, 0.2) is 42.5 Å². The molecule has 28 heavy (non-hydrogen) atoms. The third-order valence-corrected chi connectivity index (χ3v) is 6.45. The summed E-state index contributed by atoms with van der Waals surface area (Å²) in [6, 6.07) is 11.9. The molecule has 0 radical (unpaired) electrons. The molecule has 1 spiro atoms. The molecule has 6 heteroatoms. The Kier molecular flexibility index (Phi) is 3.81. The van der Waals surface area contributed by atoms with Crippen molar-refractivity contribution < 1.29 is 14.0 Å². The van der Waals surface area contributed by atoms with E-state index in [1.807, 2.05) is 25.1 Å². The fraction of sp³-hybridized carbons (Fsp3) is 0.364. The summed E-state index contributed by atoms with van der Waals surface area (Å²) in [6.07, 6.45) is 2.68. The molecule has 0 aromatic heterocycles. The van der Waals surface area contributed by atoms with E-state index in [4.69, 9.17) is 0 Å². The molecule has 144 valence electrons. The van der Waals surface area contributed by atoms with Crippen LogP contribution in [-0.2, 0) is 15.1 Å². The van der Waals surface area contributed by atoms with E-state index in [1.165, 1.54) is 12.1 Å². The lowest BCUT2D eigenvalue weighted by atomic mass is 9.78. The van der Waals surface area contributed by atoms with Gasteiger partial charge in [0, 0.05) is 23.0 Å². The summed E-state index contributed by atoms with van der Waals surface area (Å²) in [5.74, 6) is -1.15. The molecule has 2 amide bonds. The van der Waals surface area contributed by atoms with Crippen LogP contribution < -0.4 is 10.6 Å². The lowest BCUT2D eigenvalue weighted by Crippen LogP contribution is -2.53. The number of halogens is 1. The van der Waals surface area contributed by atoms with Gasteiger partial charge in [0.05, 0.1) is 5.92 Å². The van der Waals surface area contributed by atoms with Gasteiger partial charge in [-0.2, -0.15) is 0 Å². The standard InChI is InChI=1S/C22H22FN3O2/c1-13-4-9-19-17(11-13)22(21(28)25-19)18(12-16-3-2-10-26(16)22)20(27)24-15-7-5-14(23)6-8-15/h4-9,11,16,18H,2-3,10,12H2,1H3,(H,24,27)(H,25,28). The first-order chi connectivity index (χ1) is 13.5. The van der Waals surface area contributed by atoms with E-state index in [1.54, 1.807) is 12.1 Å². The number of rotatable bonds is 2. The molecule has 2 aromatic rings. The second-order valence-electron chi connectivity index (χ2n) is 8.04. The number of anilines is 2. The minimum atomic E-state index is -0.966. The van der Waals surface area contributed by atoms with Gasteiger partial charge in [-0.3, -0.25) is 14.5 Å². The Bertz CT molecular complexity index is 974. The number of aryl methyl sites for hydroxylation is 1. The van der Waals surface area contributed by atoms with Crippen LogP contribution in [0.3, 0.4) is 0 Å². The molecular formula is C22H22FN3O2. The Morgan fingerprint density at radius 1 is 1.25 bits per heavy atom. The highest BCUT2D eigenvalue weighted by atomic mass is 19.1. The van der Waals surface area contributed by atoms with E-state index in [2.05, 4.69) is 15.5 Å². The summed E-state index contributed by atoms with van der Waals surface area (Å²) >= 11 is 0. The third-order valence-electron chi connectivity index (χ3n) is 6.45. The molecule has 2 saturated heterocycles. The van der Waals surface area contributed by atoms with Crippen molar-refractivity contribution in [2.24, 2.45) is 5.92 Å². The van der Waals surface area contributed by atoms with Crippen LogP contribution in [0, 0.1) is 18.7 Å². The molecule has 2 aromatic carbocycles. The van der Waals surface area contributed by atoms with Crippen molar-refractivity contribution in [2.45, 2.75) is 37.8 Å². The number of amides is 2. The Labute approximate surface area is 162 Å². The summed E-state index contributed by atoms with van der Waals surface area (Å²) in [7, 11) is 0. The maximum atomic E-state index is 13.3. The first kappa shape index (κ1) is 17.4. The van der Waals surface area contributed by atoms with Crippen LogP contribution in [0.5, 0.6) is 0 Å². The number of carbonyl (C=O) groups excluding carboxylic acids is 2. The molecule has 3 heterocycles. The zero-order valence-corrected chi connectivity index (χ0v) is 15.7. The van der Waals surface area contributed by atoms with E-state index in [-0.39, 0.29) is 23.7 Å². The maximum absolute atomic E-state index is 13.3. The van der Waals surface area contributed by atoms with Gasteiger partial charge in [-0.05, 0) is 63.1 Å². The van der Waals surface area contributed by atoms with Gasteiger partial charge in [-0.25, -0.2) is 4.39 Å². The number of hydrogen-bond acceptors (Lipinski definition) is 3. The van der Waals surface area contributed by atoms with Gasteiger partial charge in [0.25, 0.3) is 0 Å². The molecule has 3 aliphatic heterocycles. The fourth-order valence-electron chi connectivity index (χ4n) is 5.30. The molecular weight excluding hydrogens is 357 g/mol. The van der Waals surface area contributed by atoms with Gasteiger partial charge in [-0.1, -0.05) is 17.7 Å². The first-order valence-electron chi connectivity index (χ1n) is 9.76. The number of nitrogens with one attached hydrogen (secondary N) is 2. The predicted molar refractivity (Wildman–Crippen MR) is 104 cm³/mol. The lowest BCUT2D eigenvalue weighted by Gasteiger charge is -2.36. The van der Waals surface area contributed by atoms with Crippen LogP contribution >= 0.6 is 0 Å². The molecule has 5 rings (SSSR count). The second kappa shape index (κ2) is 6.14. The van der Waals surface area contributed by atoms with Gasteiger partial charge >= 0.3 is 0 Å². The van der Waals surface area contributed by atoms with Crippen LogP contribution in [0.25, 0.3) is 0 Å². The number of fused-ring (bicyclic) bond motifs is 4. The van der Waals surface area contributed by atoms with Gasteiger partial charge in [0.15, 0.2) is 0 Å². The minimum absolute atomic E-state index is 0.114. The van der Waals surface area contributed by atoms with Crippen LogP contribution in [-0.4, -0.2) is 29.3 Å². The van der Waals surface area contributed by atoms with E-state index in [0.29, 0.717) is 12.1 Å². The third kappa shape index (κ3) is 2.34. The minimum Gasteiger partial charge on any atom is -0.326 e. The average molecular weight is 379 g/mol. The SMILES string of the molecule is Cc1ccc2c(c1)C1(C(=O)N2)C(C(=O)Nc2ccc(F)cc2)CC2CCCN21. The van der Waals surface area contributed by atoms with Gasteiger partial charge < -0.3 is 10.6 Å². The zero-order chi connectivity index (χ0) is 19.5. The lowest BCUT2D eigenvalue weighted by molar-refractivity contribution is -0.135. The van der Waals surface area contributed by atoms with Crippen molar-refractivity contribution in [2.75, 3.05) is 17.2 Å².